The van der Waals surface area contributed by atoms with Crippen LogP contribution in [0.25, 0.3) is 0 Å². The van der Waals surface area contributed by atoms with Crippen LogP contribution in [-0.4, -0.2) is 35.7 Å². The van der Waals surface area contributed by atoms with Crippen molar-refractivity contribution in [3.63, 3.8) is 0 Å². The molecule has 3 nitrogen and oxygen atoms in total. The summed E-state index contributed by atoms with van der Waals surface area (Å²) in [6, 6.07) is 8.19. The quantitative estimate of drug-likeness (QED) is 0.830. The van der Waals surface area contributed by atoms with Crippen LogP contribution in [0.3, 0.4) is 0 Å². The van der Waals surface area contributed by atoms with E-state index in [9.17, 15) is 5.11 Å². The second kappa shape index (κ2) is 4.67. The van der Waals surface area contributed by atoms with Crippen LogP contribution in [0, 0.1) is 5.92 Å². The number of phenols is 1. The second-order valence-electron chi connectivity index (χ2n) is 5.29. The molecule has 0 aromatic heterocycles. The first-order valence-electron chi connectivity index (χ1n) is 6.55. The molecular weight excluding hydrogens is 212 g/mol. The first kappa shape index (κ1) is 11.1. The van der Waals surface area contributed by atoms with Crippen LogP contribution in [0.2, 0.25) is 0 Å². The highest BCUT2D eigenvalue weighted by Crippen LogP contribution is 2.27. The highest BCUT2D eigenvalue weighted by atomic mass is 16.3. The molecule has 0 amide bonds. The Hall–Kier alpha value is -1.06. The molecule has 0 radical (unpaired) electrons. The van der Waals surface area contributed by atoms with Gasteiger partial charge in [0.1, 0.15) is 5.75 Å². The molecular formula is C14H20N2O. The van der Waals surface area contributed by atoms with Crippen molar-refractivity contribution in [2.75, 3.05) is 19.6 Å². The van der Waals surface area contributed by atoms with Gasteiger partial charge in [-0.15, -0.1) is 0 Å². The predicted octanol–water partition coefficient (Wildman–Crippen LogP) is 1.58. The molecule has 1 aromatic carbocycles. The zero-order chi connectivity index (χ0) is 11.7. The SMILES string of the molecule is Oc1ccc(CNC2CCN3CCC2C3)cc1. The number of phenolic OH excluding ortho intramolecular Hbond substituents is 1. The molecule has 3 heteroatoms. The maximum Gasteiger partial charge on any atom is 0.115 e. The Balaban J connectivity index is 1.55. The molecule has 17 heavy (non-hydrogen) atoms. The van der Waals surface area contributed by atoms with Gasteiger partial charge in [0.25, 0.3) is 0 Å². The summed E-state index contributed by atoms with van der Waals surface area (Å²) >= 11 is 0. The van der Waals surface area contributed by atoms with Crippen molar-refractivity contribution >= 4 is 0 Å². The fraction of sp³-hybridized carbons (Fsp3) is 0.571. The van der Waals surface area contributed by atoms with Gasteiger partial charge in [-0.2, -0.15) is 0 Å². The Morgan fingerprint density at radius 2 is 1.94 bits per heavy atom. The average molecular weight is 232 g/mol. The molecule has 1 aromatic rings. The van der Waals surface area contributed by atoms with Crippen molar-refractivity contribution in [2.24, 2.45) is 5.92 Å². The van der Waals surface area contributed by atoms with Crippen LogP contribution in [0.15, 0.2) is 24.3 Å². The molecule has 2 aliphatic heterocycles. The highest BCUT2D eigenvalue weighted by molar-refractivity contribution is 5.25. The molecule has 2 fully saturated rings. The van der Waals surface area contributed by atoms with Gasteiger partial charge in [-0.05, 0) is 49.5 Å². The monoisotopic (exact) mass is 232 g/mol. The van der Waals surface area contributed by atoms with E-state index in [-0.39, 0.29) is 0 Å². The minimum atomic E-state index is 0.345. The van der Waals surface area contributed by atoms with Gasteiger partial charge in [-0.3, -0.25) is 0 Å². The third kappa shape index (κ3) is 2.45. The van der Waals surface area contributed by atoms with Gasteiger partial charge in [-0.25, -0.2) is 0 Å². The van der Waals surface area contributed by atoms with Crippen molar-refractivity contribution in [3.8, 4) is 5.75 Å². The number of rotatable bonds is 3. The molecule has 2 saturated heterocycles. The number of benzene rings is 1. The summed E-state index contributed by atoms with van der Waals surface area (Å²) in [7, 11) is 0. The average Bonchev–Trinajstić information content (AvgIpc) is 2.73. The Labute approximate surface area is 102 Å². The number of hydrogen-bond donors (Lipinski definition) is 2. The molecule has 92 valence electrons. The van der Waals surface area contributed by atoms with Gasteiger partial charge in [0, 0.05) is 19.1 Å². The van der Waals surface area contributed by atoms with Crippen LogP contribution < -0.4 is 5.32 Å². The van der Waals surface area contributed by atoms with Crippen molar-refractivity contribution in [2.45, 2.75) is 25.4 Å². The number of piperidine rings is 1. The lowest BCUT2D eigenvalue weighted by atomic mass is 9.94. The molecule has 2 bridgehead atoms. The van der Waals surface area contributed by atoms with Gasteiger partial charge in [-0.1, -0.05) is 12.1 Å². The van der Waals surface area contributed by atoms with Crippen LogP contribution in [0.1, 0.15) is 18.4 Å². The third-order valence-electron chi connectivity index (χ3n) is 4.14. The van der Waals surface area contributed by atoms with E-state index in [2.05, 4.69) is 10.2 Å². The molecule has 3 atom stereocenters. The Kier molecular flexibility index (Phi) is 3.04. The minimum absolute atomic E-state index is 0.345. The fourth-order valence-corrected chi connectivity index (χ4v) is 3.08. The normalized spacial score (nSPS) is 31.6. The van der Waals surface area contributed by atoms with Crippen LogP contribution in [0.5, 0.6) is 5.75 Å². The summed E-state index contributed by atoms with van der Waals surface area (Å²) < 4.78 is 0. The fourth-order valence-electron chi connectivity index (χ4n) is 3.08. The smallest absolute Gasteiger partial charge is 0.115 e. The van der Waals surface area contributed by atoms with Crippen molar-refractivity contribution in [3.05, 3.63) is 29.8 Å². The molecule has 2 heterocycles. The summed E-state index contributed by atoms with van der Waals surface area (Å²) in [5, 5.41) is 12.9. The van der Waals surface area contributed by atoms with E-state index in [0.29, 0.717) is 11.8 Å². The maximum absolute atomic E-state index is 9.23. The molecule has 3 unspecified atom stereocenters. The van der Waals surface area contributed by atoms with Crippen LogP contribution in [0.4, 0.5) is 0 Å². The minimum Gasteiger partial charge on any atom is -0.508 e. The number of aromatic hydroxyl groups is 1. The summed E-state index contributed by atoms with van der Waals surface area (Å²) in [5.41, 5.74) is 1.25. The summed E-state index contributed by atoms with van der Waals surface area (Å²) in [6.45, 7) is 4.75. The topological polar surface area (TPSA) is 35.5 Å². The molecule has 3 rings (SSSR count). The van der Waals surface area contributed by atoms with Gasteiger partial charge < -0.3 is 15.3 Å². The van der Waals surface area contributed by atoms with E-state index in [4.69, 9.17) is 0 Å². The lowest BCUT2D eigenvalue weighted by Crippen LogP contribution is -2.43. The van der Waals surface area contributed by atoms with E-state index in [1.54, 1.807) is 12.1 Å². The van der Waals surface area contributed by atoms with E-state index in [1.165, 1.54) is 38.0 Å². The number of nitrogens with zero attached hydrogens (tertiary/aromatic N) is 1. The lowest BCUT2D eigenvalue weighted by Gasteiger charge is -2.31. The highest BCUT2D eigenvalue weighted by Gasteiger charge is 2.33. The standard InChI is InChI=1S/C14H20N2O/c17-13-3-1-11(2-4-13)9-15-14-6-8-16-7-5-12(14)10-16/h1-4,12,14-15,17H,5-10H2. The summed E-state index contributed by atoms with van der Waals surface area (Å²) in [6.07, 6.45) is 2.63. The molecule has 0 saturated carbocycles. The zero-order valence-corrected chi connectivity index (χ0v) is 10.1. The third-order valence-corrected chi connectivity index (χ3v) is 4.14. The number of hydrogen-bond acceptors (Lipinski definition) is 3. The van der Waals surface area contributed by atoms with Gasteiger partial charge in [0.15, 0.2) is 0 Å². The first-order valence-corrected chi connectivity index (χ1v) is 6.55. The number of fused-ring (bicyclic) bond motifs is 2. The predicted molar refractivity (Wildman–Crippen MR) is 67.9 cm³/mol. The Bertz CT molecular complexity index is 376. The summed E-state index contributed by atoms with van der Waals surface area (Å²) in [4.78, 5) is 2.57. The zero-order valence-electron chi connectivity index (χ0n) is 10.1. The molecule has 0 aliphatic carbocycles. The Morgan fingerprint density at radius 3 is 2.76 bits per heavy atom. The molecule has 2 aliphatic rings. The van der Waals surface area contributed by atoms with E-state index in [0.717, 1.165) is 12.5 Å². The largest absolute Gasteiger partial charge is 0.508 e. The Morgan fingerprint density at radius 1 is 1.18 bits per heavy atom. The van der Waals surface area contributed by atoms with E-state index < -0.39 is 0 Å². The van der Waals surface area contributed by atoms with Crippen LogP contribution >= 0.6 is 0 Å². The van der Waals surface area contributed by atoms with Crippen molar-refractivity contribution in [1.82, 2.24) is 10.2 Å². The van der Waals surface area contributed by atoms with E-state index >= 15 is 0 Å². The van der Waals surface area contributed by atoms with Gasteiger partial charge in [0.2, 0.25) is 0 Å². The van der Waals surface area contributed by atoms with Crippen molar-refractivity contribution in [1.29, 1.82) is 0 Å². The lowest BCUT2D eigenvalue weighted by molar-refractivity contribution is 0.220. The number of nitrogens with one attached hydrogen (secondary N) is 1. The summed E-state index contributed by atoms with van der Waals surface area (Å²) in [5.74, 6) is 1.19. The molecule has 2 N–H and O–H groups in total. The first-order chi connectivity index (χ1) is 8.31. The van der Waals surface area contributed by atoms with Crippen molar-refractivity contribution < 1.29 is 5.11 Å². The van der Waals surface area contributed by atoms with Gasteiger partial charge >= 0.3 is 0 Å². The maximum atomic E-state index is 9.23. The molecule has 0 spiro atoms. The van der Waals surface area contributed by atoms with E-state index in [1.807, 2.05) is 12.1 Å². The van der Waals surface area contributed by atoms with Gasteiger partial charge in [0.05, 0.1) is 0 Å². The van der Waals surface area contributed by atoms with Crippen LogP contribution in [-0.2, 0) is 6.54 Å². The second-order valence-corrected chi connectivity index (χ2v) is 5.29.